The molecule has 2 aromatic heterocycles. The topological polar surface area (TPSA) is 84.0 Å². The number of benzene rings is 1. The minimum absolute atomic E-state index is 0.232. The molecule has 0 atom stereocenters. The van der Waals surface area contributed by atoms with E-state index in [1.165, 1.54) is 0 Å². The fourth-order valence-electron chi connectivity index (χ4n) is 2.76. The summed E-state index contributed by atoms with van der Waals surface area (Å²) in [6.07, 6.45) is 0. The van der Waals surface area contributed by atoms with Crippen molar-refractivity contribution in [3.05, 3.63) is 53.9 Å². The normalized spacial score (nSPS) is 12.3. The summed E-state index contributed by atoms with van der Waals surface area (Å²) in [6.45, 7) is 9.29. The number of anilines is 2. The molecular formula is C20H24N4O2S. The average molecular weight is 385 g/mol. The van der Waals surface area contributed by atoms with Crippen molar-refractivity contribution in [2.75, 3.05) is 5.32 Å². The molecule has 2 heterocycles. The number of hydrogen-bond donors (Lipinski definition) is 2. The molecule has 0 saturated carbocycles. The van der Waals surface area contributed by atoms with Crippen LogP contribution in [0.2, 0.25) is 0 Å². The number of hydrogen-bond acceptors (Lipinski definition) is 5. The predicted octanol–water partition coefficient (Wildman–Crippen LogP) is 4.07. The van der Waals surface area contributed by atoms with Crippen LogP contribution < -0.4 is 10.0 Å². The van der Waals surface area contributed by atoms with Crippen LogP contribution >= 0.6 is 0 Å². The maximum Gasteiger partial charge on any atom is 0.241 e. The molecule has 3 rings (SSSR count). The molecule has 27 heavy (non-hydrogen) atoms. The summed E-state index contributed by atoms with van der Waals surface area (Å²) in [6, 6.07) is 12.6. The number of aryl methyl sites for hydroxylation is 2. The number of nitrogens with zero attached hydrogens (tertiary/aromatic N) is 2. The number of pyridine rings is 2. The Kier molecular flexibility index (Phi) is 4.92. The highest BCUT2D eigenvalue weighted by Crippen LogP contribution is 2.26. The van der Waals surface area contributed by atoms with Crippen LogP contribution in [0.1, 0.15) is 32.2 Å². The van der Waals surface area contributed by atoms with E-state index in [9.17, 15) is 8.42 Å². The minimum atomic E-state index is -3.55. The second kappa shape index (κ2) is 6.90. The maximum absolute atomic E-state index is 12.4. The van der Waals surface area contributed by atoms with Crippen molar-refractivity contribution in [3.8, 4) is 0 Å². The second-order valence-electron chi connectivity index (χ2n) is 7.64. The molecule has 142 valence electrons. The Labute approximate surface area is 160 Å². The Balaban J connectivity index is 1.91. The lowest BCUT2D eigenvalue weighted by Gasteiger charge is -2.20. The maximum atomic E-state index is 12.4. The molecule has 6 nitrogen and oxygen atoms in total. The summed E-state index contributed by atoms with van der Waals surface area (Å²) >= 11 is 0. The van der Waals surface area contributed by atoms with Gasteiger partial charge in [-0.3, -0.25) is 0 Å². The predicted molar refractivity (Wildman–Crippen MR) is 109 cm³/mol. The Hall–Kier alpha value is -2.51. The van der Waals surface area contributed by atoms with Crippen LogP contribution in [-0.2, 0) is 10.0 Å². The highest BCUT2D eigenvalue weighted by Gasteiger charge is 2.21. The van der Waals surface area contributed by atoms with E-state index in [2.05, 4.69) is 20.0 Å². The molecule has 0 aliphatic carbocycles. The van der Waals surface area contributed by atoms with E-state index < -0.39 is 15.6 Å². The van der Waals surface area contributed by atoms with E-state index in [1.54, 1.807) is 24.3 Å². The van der Waals surface area contributed by atoms with Crippen LogP contribution in [0, 0.1) is 13.8 Å². The number of aromatic nitrogens is 2. The third-order valence-corrected chi connectivity index (χ3v) is 5.60. The summed E-state index contributed by atoms with van der Waals surface area (Å²) in [5.41, 5.74) is 3.59. The van der Waals surface area contributed by atoms with Gasteiger partial charge in [-0.15, -0.1) is 0 Å². The van der Waals surface area contributed by atoms with Gasteiger partial charge in [0.2, 0.25) is 10.0 Å². The van der Waals surface area contributed by atoms with Gasteiger partial charge in [-0.1, -0.05) is 0 Å². The van der Waals surface area contributed by atoms with E-state index in [0.29, 0.717) is 5.65 Å². The van der Waals surface area contributed by atoms with E-state index >= 15 is 0 Å². The van der Waals surface area contributed by atoms with Gasteiger partial charge in [0, 0.05) is 28.0 Å². The molecule has 1 aromatic carbocycles. The van der Waals surface area contributed by atoms with Crippen molar-refractivity contribution < 1.29 is 8.42 Å². The standard InChI is InChI=1S/C20H24N4O2S/c1-13-6-11-17-18(12-14(2)22-19(17)21-13)23-15-7-9-16(10-8-15)27(25,26)24-20(3,4)5/h6-12,24H,1-5H3,(H,21,22,23). The highest BCUT2D eigenvalue weighted by molar-refractivity contribution is 7.89. The lowest BCUT2D eigenvalue weighted by atomic mass is 10.1. The number of fused-ring (bicyclic) bond motifs is 1. The van der Waals surface area contributed by atoms with Crippen molar-refractivity contribution in [2.45, 2.75) is 45.1 Å². The largest absolute Gasteiger partial charge is 0.355 e. The number of nitrogens with one attached hydrogen (secondary N) is 2. The van der Waals surface area contributed by atoms with E-state index in [4.69, 9.17) is 0 Å². The Bertz CT molecular complexity index is 1080. The monoisotopic (exact) mass is 384 g/mol. The molecule has 0 amide bonds. The first-order chi connectivity index (χ1) is 12.5. The first-order valence-corrected chi connectivity index (χ1v) is 10.2. The zero-order chi connectivity index (χ0) is 19.8. The molecule has 3 aromatic rings. The lowest BCUT2D eigenvalue weighted by molar-refractivity contribution is 0.491. The molecule has 0 aliphatic rings. The van der Waals surface area contributed by atoms with Gasteiger partial charge in [0.15, 0.2) is 5.65 Å². The van der Waals surface area contributed by atoms with E-state index in [1.807, 2.05) is 52.8 Å². The fourth-order valence-corrected chi connectivity index (χ4v) is 4.18. The first-order valence-electron chi connectivity index (χ1n) is 8.70. The quantitative estimate of drug-likeness (QED) is 0.708. The van der Waals surface area contributed by atoms with Gasteiger partial charge in [-0.25, -0.2) is 23.1 Å². The second-order valence-corrected chi connectivity index (χ2v) is 9.32. The summed E-state index contributed by atoms with van der Waals surface area (Å²) in [5.74, 6) is 0. The van der Waals surface area contributed by atoms with Crippen molar-refractivity contribution >= 4 is 32.4 Å². The molecular weight excluding hydrogens is 360 g/mol. The molecule has 0 saturated heterocycles. The molecule has 0 bridgehead atoms. The lowest BCUT2D eigenvalue weighted by Crippen LogP contribution is -2.40. The number of rotatable bonds is 4. The van der Waals surface area contributed by atoms with Gasteiger partial charge < -0.3 is 5.32 Å². The van der Waals surface area contributed by atoms with Crippen molar-refractivity contribution in [3.63, 3.8) is 0 Å². The third-order valence-electron chi connectivity index (χ3n) is 3.82. The van der Waals surface area contributed by atoms with E-state index in [0.717, 1.165) is 28.1 Å². The zero-order valence-electron chi connectivity index (χ0n) is 16.2. The van der Waals surface area contributed by atoms with Gasteiger partial charge in [0.1, 0.15) is 0 Å². The van der Waals surface area contributed by atoms with Gasteiger partial charge in [0.25, 0.3) is 0 Å². The fraction of sp³-hybridized carbons (Fsp3) is 0.300. The highest BCUT2D eigenvalue weighted by atomic mass is 32.2. The Morgan fingerprint density at radius 3 is 2.15 bits per heavy atom. The molecule has 0 spiro atoms. The summed E-state index contributed by atoms with van der Waals surface area (Å²) in [5, 5.41) is 4.25. The van der Waals surface area contributed by atoms with Gasteiger partial charge in [0.05, 0.1) is 10.6 Å². The van der Waals surface area contributed by atoms with E-state index in [-0.39, 0.29) is 4.90 Å². The van der Waals surface area contributed by atoms with Gasteiger partial charge in [-0.2, -0.15) is 0 Å². The van der Waals surface area contributed by atoms with Crippen molar-refractivity contribution in [1.82, 2.24) is 14.7 Å². The minimum Gasteiger partial charge on any atom is -0.355 e. The Morgan fingerprint density at radius 2 is 1.52 bits per heavy atom. The van der Waals surface area contributed by atoms with Crippen molar-refractivity contribution in [2.24, 2.45) is 0 Å². The molecule has 0 unspecified atom stereocenters. The Morgan fingerprint density at radius 1 is 0.889 bits per heavy atom. The van der Waals surface area contributed by atoms with Crippen LogP contribution in [0.5, 0.6) is 0 Å². The first kappa shape index (κ1) is 19.3. The van der Waals surface area contributed by atoms with Crippen molar-refractivity contribution in [1.29, 1.82) is 0 Å². The van der Waals surface area contributed by atoms with Crippen LogP contribution in [0.25, 0.3) is 11.0 Å². The van der Waals surface area contributed by atoms with Crippen LogP contribution in [0.3, 0.4) is 0 Å². The molecule has 0 radical (unpaired) electrons. The van der Waals surface area contributed by atoms with Gasteiger partial charge in [-0.05, 0) is 77.1 Å². The molecule has 7 heteroatoms. The summed E-state index contributed by atoms with van der Waals surface area (Å²) in [7, 11) is -3.55. The SMILES string of the molecule is Cc1ccc2c(Nc3ccc(S(=O)(=O)NC(C)(C)C)cc3)cc(C)nc2n1. The van der Waals surface area contributed by atoms with Gasteiger partial charge >= 0.3 is 0 Å². The van der Waals surface area contributed by atoms with Crippen LogP contribution in [-0.4, -0.2) is 23.9 Å². The molecule has 0 aliphatic heterocycles. The zero-order valence-corrected chi connectivity index (χ0v) is 17.0. The summed E-state index contributed by atoms with van der Waals surface area (Å²) < 4.78 is 27.5. The van der Waals surface area contributed by atoms with Crippen LogP contribution in [0.15, 0.2) is 47.4 Å². The molecule has 0 fully saturated rings. The van der Waals surface area contributed by atoms with Crippen LogP contribution in [0.4, 0.5) is 11.4 Å². The summed E-state index contributed by atoms with van der Waals surface area (Å²) in [4.78, 5) is 9.19. The average Bonchev–Trinajstić information content (AvgIpc) is 2.52. The smallest absolute Gasteiger partial charge is 0.241 e. The molecule has 2 N–H and O–H groups in total. The number of sulfonamides is 1. The third kappa shape index (κ3) is 4.61.